The molecule has 112 valence electrons. The summed E-state index contributed by atoms with van der Waals surface area (Å²) in [6.45, 7) is 6.33. The maximum Gasteiger partial charge on any atom is 0.496 e. The average molecular weight is 288 g/mol. The number of hydrogen-bond acceptors (Lipinski definition) is 3. The number of aromatic nitrogens is 2. The lowest BCUT2D eigenvalue weighted by molar-refractivity contribution is -0.0322. The summed E-state index contributed by atoms with van der Waals surface area (Å²) in [4.78, 5) is 17.1. The number of nitrogens with one attached hydrogen (secondary N) is 2. The molecule has 0 bridgehead atoms. The smallest absolute Gasteiger partial charge is 0.404 e. The Bertz CT molecular complexity index is 692. The predicted octanol–water partition coefficient (Wildman–Crippen LogP) is 1.94. The van der Waals surface area contributed by atoms with Crippen LogP contribution in [0.25, 0.3) is 11.0 Å². The number of aromatic amines is 2. The van der Waals surface area contributed by atoms with Crippen molar-refractivity contribution >= 4 is 23.6 Å². The van der Waals surface area contributed by atoms with E-state index in [1.165, 1.54) is 0 Å². The van der Waals surface area contributed by atoms with Crippen LogP contribution in [-0.4, -0.2) is 28.8 Å². The summed E-state index contributed by atoms with van der Waals surface area (Å²) in [6.07, 6.45) is 3.17. The molecule has 1 aromatic heterocycles. The summed E-state index contributed by atoms with van der Waals surface area (Å²) in [5, 5.41) is 0. The monoisotopic (exact) mass is 288 g/mol. The SMILES string of the molecule is CCCC1CC(C)(C)OB(c2cccc3[nH]c(=O)[nH]c23)O1. The first-order chi connectivity index (χ1) is 9.98. The van der Waals surface area contributed by atoms with Crippen molar-refractivity contribution in [3.8, 4) is 0 Å². The fourth-order valence-corrected chi connectivity index (χ4v) is 3.04. The van der Waals surface area contributed by atoms with E-state index in [0.717, 1.165) is 35.8 Å². The van der Waals surface area contributed by atoms with Crippen molar-refractivity contribution in [3.05, 3.63) is 28.7 Å². The van der Waals surface area contributed by atoms with E-state index < -0.39 is 7.12 Å². The largest absolute Gasteiger partial charge is 0.496 e. The minimum atomic E-state index is -0.444. The second-order valence-electron chi connectivity index (χ2n) is 6.31. The molecule has 1 fully saturated rings. The Morgan fingerprint density at radius 2 is 2.19 bits per heavy atom. The van der Waals surface area contributed by atoms with Crippen molar-refractivity contribution in [1.29, 1.82) is 0 Å². The van der Waals surface area contributed by atoms with Crippen LogP contribution in [0.1, 0.15) is 40.0 Å². The minimum Gasteiger partial charge on any atom is -0.404 e. The van der Waals surface area contributed by atoms with E-state index in [2.05, 4.69) is 30.7 Å². The zero-order valence-corrected chi connectivity index (χ0v) is 12.7. The molecule has 3 rings (SSSR count). The van der Waals surface area contributed by atoms with E-state index in [1.54, 1.807) is 0 Å². The van der Waals surface area contributed by atoms with Crippen molar-refractivity contribution in [2.24, 2.45) is 0 Å². The fraction of sp³-hybridized carbons (Fsp3) is 0.533. The first kappa shape index (κ1) is 14.4. The van der Waals surface area contributed by atoms with E-state index in [9.17, 15) is 4.79 Å². The summed E-state index contributed by atoms with van der Waals surface area (Å²) < 4.78 is 12.2. The van der Waals surface area contributed by atoms with Crippen molar-refractivity contribution in [3.63, 3.8) is 0 Å². The highest BCUT2D eigenvalue weighted by atomic mass is 16.6. The molecule has 1 aliphatic heterocycles. The van der Waals surface area contributed by atoms with Crippen LogP contribution in [0.15, 0.2) is 23.0 Å². The lowest BCUT2D eigenvalue weighted by Crippen LogP contribution is -2.52. The number of rotatable bonds is 3. The summed E-state index contributed by atoms with van der Waals surface area (Å²) in [5.74, 6) is 0. The van der Waals surface area contributed by atoms with Crippen LogP contribution >= 0.6 is 0 Å². The topological polar surface area (TPSA) is 67.1 Å². The van der Waals surface area contributed by atoms with Gasteiger partial charge in [-0.25, -0.2) is 4.79 Å². The average Bonchev–Trinajstić information content (AvgIpc) is 2.77. The minimum absolute atomic E-state index is 0.185. The third kappa shape index (κ3) is 2.92. The van der Waals surface area contributed by atoms with Crippen LogP contribution in [0.3, 0.4) is 0 Å². The number of imidazole rings is 1. The molecular formula is C15H21BN2O3. The summed E-state index contributed by atoms with van der Waals surface area (Å²) in [5.41, 5.74) is 1.97. The van der Waals surface area contributed by atoms with Gasteiger partial charge < -0.3 is 19.3 Å². The quantitative estimate of drug-likeness (QED) is 0.848. The van der Waals surface area contributed by atoms with Gasteiger partial charge in [-0.2, -0.15) is 0 Å². The molecule has 0 aliphatic carbocycles. The molecule has 6 heteroatoms. The fourth-order valence-electron chi connectivity index (χ4n) is 3.04. The van der Waals surface area contributed by atoms with Crippen molar-refractivity contribution < 1.29 is 9.31 Å². The normalized spacial score (nSPS) is 21.9. The Morgan fingerprint density at radius 1 is 1.38 bits per heavy atom. The molecule has 0 radical (unpaired) electrons. The lowest BCUT2D eigenvalue weighted by Gasteiger charge is -2.39. The second kappa shape index (κ2) is 5.35. The maximum absolute atomic E-state index is 11.5. The molecule has 2 N–H and O–H groups in total. The van der Waals surface area contributed by atoms with E-state index in [0.29, 0.717) is 0 Å². The second-order valence-corrected chi connectivity index (χ2v) is 6.31. The Kier molecular flexibility index (Phi) is 3.67. The molecule has 0 saturated carbocycles. The first-order valence-corrected chi connectivity index (χ1v) is 7.53. The lowest BCUT2D eigenvalue weighted by atomic mass is 9.74. The van der Waals surface area contributed by atoms with Gasteiger partial charge in [-0.05, 0) is 32.8 Å². The Balaban J connectivity index is 1.98. The Hall–Kier alpha value is -1.53. The standard InChI is InChI=1S/C15H21BN2O3/c1-4-6-10-9-15(2,3)21-16(20-10)11-7-5-8-12-13(11)18-14(19)17-12/h5,7-8,10H,4,6,9H2,1-3H3,(H2,17,18,19). The molecule has 0 amide bonds. The van der Waals surface area contributed by atoms with Crippen molar-refractivity contribution in [2.75, 3.05) is 0 Å². The highest BCUT2D eigenvalue weighted by Crippen LogP contribution is 2.28. The van der Waals surface area contributed by atoms with Gasteiger partial charge in [0.05, 0.1) is 16.6 Å². The third-order valence-corrected chi connectivity index (χ3v) is 3.91. The van der Waals surface area contributed by atoms with Crippen LogP contribution < -0.4 is 11.2 Å². The van der Waals surface area contributed by atoms with E-state index in [-0.39, 0.29) is 17.4 Å². The first-order valence-electron chi connectivity index (χ1n) is 7.53. The Labute approximate surface area is 124 Å². The summed E-state index contributed by atoms with van der Waals surface area (Å²) in [7, 11) is -0.444. The highest BCUT2D eigenvalue weighted by Gasteiger charge is 2.40. The van der Waals surface area contributed by atoms with Crippen LogP contribution in [0.2, 0.25) is 0 Å². The Morgan fingerprint density at radius 3 is 2.95 bits per heavy atom. The molecule has 2 heterocycles. The molecule has 2 aromatic rings. The van der Waals surface area contributed by atoms with E-state index >= 15 is 0 Å². The van der Waals surface area contributed by atoms with Crippen LogP contribution in [0.4, 0.5) is 0 Å². The molecular weight excluding hydrogens is 267 g/mol. The van der Waals surface area contributed by atoms with Crippen LogP contribution in [-0.2, 0) is 9.31 Å². The summed E-state index contributed by atoms with van der Waals surface area (Å²) in [6, 6.07) is 5.72. The van der Waals surface area contributed by atoms with Crippen LogP contribution in [0, 0.1) is 0 Å². The zero-order chi connectivity index (χ0) is 15.0. The van der Waals surface area contributed by atoms with Gasteiger partial charge in [0, 0.05) is 11.6 Å². The molecule has 5 nitrogen and oxygen atoms in total. The van der Waals surface area contributed by atoms with Gasteiger partial charge in [-0.3, -0.25) is 0 Å². The maximum atomic E-state index is 11.5. The molecule has 1 unspecified atom stereocenters. The number of para-hydroxylation sites is 1. The third-order valence-electron chi connectivity index (χ3n) is 3.91. The molecule has 1 atom stereocenters. The van der Waals surface area contributed by atoms with Crippen molar-refractivity contribution in [2.45, 2.75) is 51.7 Å². The van der Waals surface area contributed by atoms with E-state index in [4.69, 9.17) is 9.31 Å². The van der Waals surface area contributed by atoms with Crippen LogP contribution in [0.5, 0.6) is 0 Å². The number of H-pyrrole nitrogens is 2. The van der Waals surface area contributed by atoms with Gasteiger partial charge in [-0.15, -0.1) is 0 Å². The van der Waals surface area contributed by atoms with Gasteiger partial charge in [0.25, 0.3) is 0 Å². The molecule has 1 aliphatic rings. The predicted molar refractivity (Wildman–Crippen MR) is 83.9 cm³/mol. The van der Waals surface area contributed by atoms with Gasteiger partial charge >= 0.3 is 12.8 Å². The zero-order valence-electron chi connectivity index (χ0n) is 12.7. The highest BCUT2D eigenvalue weighted by molar-refractivity contribution is 6.64. The number of fused-ring (bicyclic) bond motifs is 1. The molecule has 1 saturated heterocycles. The summed E-state index contributed by atoms with van der Waals surface area (Å²) >= 11 is 0. The number of hydrogen-bond donors (Lipinski definition) is 2. The van der Waals surface area contributed by atoms with E-state index in [1.807, 2.05) is 18.2 Å². The molecule has 1 aromatic carbocycles. The molecule has 21 heavy (non-hydrogen) atoms. The molecule has 0 spiro atoms. The van der Waals surface area contributed by atoms with Gasteiger partial charge in [0.15, 0.2) is 0 Å². The van der Waals surface area contributed by atoms with Gasteiger partial charge in [0.2, 0.25) is 0 Å². The number of benzene rings is 1. The van der Waals surface area contributed by atoms with Crippen molar-refractivity contribution in [1.82, 2.24) is 9.97 Å². The van der Waals surface area contributed by atoms with Gasteiger partial charge in [-0.1, -0.05) is 25.5 Å². The van der Waals surface area contributed by atoms with Gasteiger partial charge in [0.1, 0.15) is 0 Å².